The third kappa shape index (κ3) is 68.4. The van der Waals surface area contributed by atoms with Crippen LogP contribution in [0.15, 0.2) is 36.5 Å². The molecule has 0 saturated carbocycles. The van der Waals surface area contributed by atoms with Gasteiger partial charge < -0.3 is 28.5 Å². The lowest BCUT2D eigenvalue weighted by Crippen LogP contribution is -2.47. The summed E-state index contributed by atoms with van der Waals surface area (Å²) in [6.07, 6.45) is 84.2. The summed E-state index contributed by atoms with van der Waals surface area (Å²) in [5.41, 5.74) is 0. The number of rotatable bonds is 71. The number of hydrogen-bond acceptors (Lipinski definition) is 7. The zero-order chi connectivity index (χ0) is 63.5. The molecule has 514 valence electrons. The number of carbonyl (C=O) groups is 2. The van der Waals surface area contributed by atoms with Gasteiger partial charge in [-0.3, -0.25) is 14.2 Å². The van der Waals surface area contributed by atoms with Gasteiger partial charge in [-0.15, -0.1) is 0 Å². The van der Waals surface area contributed by atoms with Crippen molar-refractivity contribution in [3.05, 3.63) is 36.5 Å². The predicted octanol–water partition coefficient (Wildman–Crippen LogP) is 23.9. The molecule has 0 fully saturated rings. The molecule has 0 rings (SSSR count). The van der Waals surface area contributed by atoms with Crippen LogP contribution < -0.4 is 10.2 Å². The maximum absolute atomic E-state index is 13.6. The standard InChI is InChI=1S/C77H149N2O7P/c1-7-10-13-16-19-22-25-28-30-32-34-36-38-39-41-42-44-46-48-51-54-57-60-63-66-69-76(80)78-74(73-85-87(82,83)84-72-71-79(4,5)6)75(68-65-62-59-56-53-50-27-24-21-18-15-12-9-3)86-77(81)70-67-64-61-58-55-52-49-47-45-43-40-37-35-33-31-29-26-23-20-17-14-11-8-2/h28-31,65,68,74-75H,7-27,32-64,66-67,69-73H2,1-6H3,(H-,78,80,82,83)/b30-28+,31-29+,68-65+. The third-order valence-electron chi connectivity index (χ3n) is 17.5. The number of carbonyl (C=O) groups excluding carboxylic acids is 2. The Morgan fingerprint density at radius 3 is 0.977 bits per heavy atom. The highest BCUT2D eigenvalue weighted by Crippen LogP contribution is 2.38. The molecule has 0 saturated heterocycles. The van der Waals surface area contributed by atoms with Crippen molar-refractivity contribution in [2.45, 2.75) is 405 Å². The molecule has 0 bridgehead atoms. The third-order valence-corrected chi connectivity index (χ3v) is 18.5. The van der Waals surface area contributed by atoms with Crippen LogP contribution in [0.1, 0.15) is 393 Å². The van der Waals surface area contributed by atoms with Crippen molar-refractivity contribution in [2.75, 3.05) is 40.9 Å². The highest BCUT2D eigenvalue weighted by Gasteiger charge is 2.27. The minimum atomic E-state index is -4.70. The second-order valence-corrected chi connectivity index (χ2v) is 28.9. The van der Waals surface area contributed by atoms with E-state index in [1.807, 2.05) is 33.3 Å². The van der Waals surface area contributed by atoms with E-state index in [0.717, 1.165) is 57.8 Å². The van der Waals surface area contributed by atoms with Crippen molar-refractivity contribution in [1.29, 1.82) is 0 Å². The fourth-order valence-electron chi connectivity index (χ4n) is 11.6. The van der Waals surface area contributed by atoms with Crippen LogP contribution in [-0.2, 0) is 27.9 Å². The monoisotopic (exact) mass is 1250 g/mol. The van der Waals surface area contributed by atoms with Crippen molar-refractivity contribution in [2.24, 2.45) is 0 Å². The van der Waals surface area contributed by atoms with Crippen molar-refractivity contribution >= 4 is 19.7 Å². The molecule has 0 aromatic rings. The van der Waals surface area contributed by atoms with Crippen LogP contribution in [0.4, 0.5) is 0 Å². The molecule has 10 heteroatoms. The van der Waals surface area contributed by atoms with Gasteiger partial charge in [0.1, 0.15) is 19.3 Å². The van der Waals surface area contributed by atoms with Gasteiger partial charge in [-0.2, -0.15) is 0 Å². The lowest BCUT2D eigenvalue weighted by molar-refractivity contribution is -0.870. The van der Waals surface area contributed by atoms with Gasteiger partial charge in [-0.05, 0) is 83.1 Å². The molecule has 87 heavy (non-hydrogen) atoms. The van der Waals surface area contributed by atoms with Crippen LogP contribution >= 0.6 is 7.82 Å². The van der Waals surface area contributed by atoms with E-state index in [-0.39, 0.29) is 31.5 Å². The Morgan fingerprint density at radius 1 is 0.391 bits per heavy atom. The molecule has 1 N–H and O–H groups in total. The number of amides is 1. The van der Waals surface area contributed by atoms with E-state index in [4.69, 9.17) is 13.8 Å². The van der Waals surface area contributed by atoms with Crippen molar-refractivity contribution in [3.8, 4) is 0 Å². The molecule has 0 radical (unpaired) electrons. The van der Waals surface area contributed by atoms with E-state index in [0.29, 0.717) is 17.4 Å². The molecule has 1 amide bonds. The first kappa shape index (κ1) is 85.2. The van der Waals surface area contributed by atoms with Gasteiger partial charge in [0.05, 0.1) is 33.8 Å². The molecule has 0 aromatic carbocycles. The first-order valence-corrected chi connectivity index (χ1v) is 39.8. The summed E-state index contributed by atoms with van der Waals surface area (Å²) in [5, 5.41) is 3.06. The van der Waals surface area contributed by atoms with Gasteiger partial charge in [-0.25, -0.2) is 0 Å². The molecular formula is C77H149N2O7P. The second-order valence-electron chi connectivity index (χ2n) is 27.5. The van der Waals surface area contributed by atoms with Gasteiger partial charge in [0.2, 0.25) is 5.91 Å². The normalized spacial score (nSPS) is 13.6. The zero-order valence-corrected chi connectivity index (χ0v) is 59.9. The molecule has 3 unspecified atom stereocenters. The van der Waals surface area contributed by atoms with E-state index in [9.17, 15) is 19.0 Å². The van der Waals surface area contributed by atoms with Gasteiger partial charge in [-0.1, -0.05) is 334 Å². The summed E-state index contributed by atoms with van der Waals surface area (Å²) in [4.78, 5) is 40.3. The summed E-state index contributed by atoms with van der Waals surface area (Å²) >= 11 is 0. The van der Waals surface area contributed by atoms with Crippen LogP contribution in [0.2, 0.25) is 0 Å². The number of likely N-dealkylation sites (N-methyl/N-ethyl adjacent to an activating group) is 1. The van der Waals surface area contributed by atoms with E-state index in [2.05, 4.69) is 50.4 Å². The average molecular weight is 1250 g/mol. The molecule has 0 aliphatic rings. The number of nitrogens with zero attached hydrogens (tertiary/aromatic N) is 1. The molecule has 9 nitrogen and oxygen atoms in total. The van der Waals surface area contributed by atoms with Crippen molar-refractivity contribution < 1.29 is 37.3 Å². The van der Waals surface area contributed by atoms with E-state index >= 15 is 0 Å². The molecule has 0 aliphatic heterocycles. The Bertz CT molecular complexity index is 1580. The summed E-state index contributed by atoms with van der Waals surface area (Å²) in [6.45, 7) is 6.91. The molecule has 0 spiro atoms. The fraction of sp³-hybridized carbons (Fsp3) is 0.896. The topological polar surface area (TPSA) is 114 Å². The van der Waals surface area contributed by atoms with Gasteiger partial charge in [0.15, 0.2) is 0 Å². The first-order chi connectivity index (χ1) is 42.4. The fourth-order valence-corrected chi connectivity index (χ4v) is 12.4. The van der Waals surface area contributed by atoms with Gasteiger partial charge in [0.25, 0.3) is 7.82 Å². The Balaban J connectivity index is 4.99. The van der Waals surface area contributed by atoms with Crippen LogP contribution in [0.5, 0.6) is 0 Å². The smallest absolute Gasteiger partial charge is 0.306 e. The number of unbranched alkanes of at least 4 members (excludes halogenated alkanes) is 51. The van der Waals surface area contributed by atoms with Crippen LogP contribution in [0, 0.1) is 0 Å². The summed E-state index contributed by atoms with van der Waals surface area (Å²) in [6, 6.07) is -0.886. The van der Waals surface area contributed by atoms with Crippen molar-refractivity contribution in [1.82, 2.24) is 5.32 Å². The summed E-state index contributed by atoms with van der Waals surface area (Å²) in [7, 11) is 1.21. The van der Waals surface area contributed by atoms with Crippen LogP contribution in [-0.4, -0.2) is 69.4 Å². The van der Waals surface area contributed by atoms with E-state index in [1.54, 1.807) is 0 Å². The molecule has 0 heterocycles. The Hall–Kier alpha value is -1.77. The van der Waals surface area contributed by atoms with Crippen molar-refractivity contribution in [3.63, 3.8) is 0 Å². The SMILES string of the molecule is CCCCCCCC/C=C/CCCCCCCCCCCCCCCCCC(=O)NC(COP(=O)([O-])OCC[N+](C)(C)C)C(/C=C/CCCCCCCCCCCCC)OC(=O)CCCCCCCCCCCCCCC/C=C/CCCCCCCC. The number of hydrogen-bond donors (Lipinski definition) is 1. The zero-order valence-electron chi connectivity index (χ0n) is 59.0. The maximum atomic E-state index is 13.6. The number of phosphoric ester groups is 1. The largest absolute Gasteiger partial charge is 0.756 e. The Labute approximate surface area is 542 Å². The maximum Gasteiger partial charge on any atom is 0.306 e. The number of allylic oxidation sites excluding steroid dienone is 5. The Kier molecular flexibility index (Phi) is 65.8. The number of quaternary nitrogens is 1. The van der Waals surface area contributed by atoms with E-state index in [1.165, 1.54) is 302 Å². The highest BCUT2D eigenvalue weighted by molar-refractivity contribution is 7.45. The second kappa shape index (κ2) is 67.1. The van der Waals surface area contributed by atoms with Crippen LogP contribution in [0.3, 0.4) is 0 Å². The minimum Gasteiger partial charge on any atom is -0.756 e. The Morgan fingerprint density at radius 2 is 0.667 bits per heavy atom. The predicted molar refractivity (Wildman–Crippen MR) is 376 cm³/mol. The molecular weight excluding hydrogens is 1100 g/mol. The molecule has 3 atom stereocenters. The number of ether oxygens (including phenoxy) is 1. The number of nitrogens with one attached hydrogen (secondary N) is 1. The lowest BCUT2D eigenvalue weighted by atomic mass is 10.0. The van der Waals surface area contributed by atoms with Gasteiger partial charge >= 0.3 is 5.97 Å². The first-order valence-electron chi connectivity index (χ1n) is 38.3. The minimum absolute atomic E-state index is 0.0191. The number of esters is 1. The highest BCUT2D eigenvalue weighted by atomic mass is 31.2. The van der Waals surface area contributed by atoms with E-state index < -0.39 is 20.0 Å². The quantitative estimate of drug-likeness (QED) is 0.0212. The molecule has 0 aromatic heterocycles. The average Bonchev–Trinajstić information content (AvgIpc) is 3.70. The molecule has 0 aliphatic carbocycles. The number of phosphoric acid groups is 1. The summed E-state index contributed by atoms with van der Waals surface area (Å²) in [5.74, 6) is -0.518. The lowest BCUT2D eigenvalue weighted by Gasteiger charge is -2.30. The van der Waals surface area contributed by atoms with Gasteiger partial charge in [0, 0.05) is 12.8 Å². The summed E-state index contributed by atoms with van der Waals surface area (Å²) < 4.78 is 30.5. The van der Waals surface area contributed by atoms with Crippen LogP contribution in [0.25, 0.3) is 0 Å².